The van der Waals surface area contributed by atoms with E-state index in [1.807, 2.05) is 13.8 Å². The van der Waals surface area contributed by atoms with Crippen molar-refractivity contribution in [2.75, 3.05) is 21.2 Å². The lowest BCUT2D eigenvalue weighted by atomic mass is 9.95. The molecule has 0 spiro atoms. The first-order valence-electron chi connectivity index (χ1n) is 5.88. The molecule has 6 nitrogen and oxygen atoms in total. The molecule has 0 fully saturated rings. The van der Waals surface area contributed by atoms with Crippen molar-refractivity contribution < 1.29 is 14.5 Å². The third-order valence-corrected chi connectivity index (χ3v) is 2.81. The van der Waals surface area contributed by atoms with Gasteiger partial charge in [-0.1, -0.05) is 19.9 Å². The van der Waals surface area contributed by atoms with E-state index in [1.54, 1.807) is 20.2 Å². The lowest BCUT2D eigenvalue weighted by molar-refractivity contribution is -0.385. The van der Waals surface area contributed by atoms with E-state index in [2.05, 4.69) is 0 Å². The van der Waals surface area contributed by atoms with Crippen LogP contribution in [0, 0.1) is 10.1 Å². The van der Waals surface area contributed by atoms with Crippen LogP contribution in [0.3, 0.4) is 0 Å². The summed E-state index contributed by atoms with van der Waals surface area (Å²) in [5, 5.41) is 11.0. The Labute approximate surface area is 112 Å². The molecule has 6 heteroatoms. The van der Waals surface area contributed by atoms with Crippen LogP contribution in [-0.2, 0) is 0 Å². The van der Waals surface area contributed by atoms with Gasteiger partial charge in [0.05, 0.1) is 17.6 Å². The quantitative estimate of drug-likeness (QED) is 0.619. The number of carbonyl (C=O) groups excluding carboxylic acids is 1. The van der Waals surface area contributed by atoms with Gasteiger partial charge in [0.15, 0.2) is 0 Å². The predicted molar refractivity (Wildman–Crippen MR) is 71.8 cm³/mol. The summed E-state index contributed by atoms with van der Waals surface area (Å²) in [4.78, 5) is 24.1. The van der Waals surface area contributed by atoms with E-state index >= 15 is 0 Å². The minimum absolute atomic E-state index is 0.0231. The molecule has 19 heavy (non-hydrogen) atoms. The molecule has 0 aliphatic rings. The molecule has 104 valence electrons. The average Bonchev–Trinajstić information content (AvgIpc) is 2.35. The van der Waals surface area contributed by atoms with Gasteiger partial charge in [-0.2, -0.15) is 0 Å². The van der Waals surface area contributed by atoms with Gasteiger partial charge in [0.2, 0.25) is 5.75 Å². The normalized spacial score (nSPS) is 10.4. The number of carbonyl (C=O) groups is 1. The topological polar surface area (TPSA) is 72.7 Å². The van der Waals surface area contributed by atoms with Gasteiger partial charge in [-0.15, -0.1) is 0 Å². The van der Waals surface area contributed by atoms with Crippen molar-refractivity contribution in [1.29, 1.82) is 0 Å². The number of amides is 1. The Balaban J connectivity index is 3.64. The van der Waals surface area contributed by atoms with Crippen LogP contribution in [-0.4, -0.2) is 36.9 Å². The molecule has 0 saturated heterocycles. The number of ether oxygens (including phenoxy) is 1. The molecular weight excluding hydrogens is 248 g/mol. The summed E-state index contributed by atoms with van der Waals surface area (Å²) in [6.45, 7) is 3.85. The first-order valence-corrected chi connectivity index (χ1v) is 5.88. The number of hydrogen-bond donors (Lipinski definition) is 0. The smallest absolute Gasteiger partial charge is 0.311 e. The molecule has 0 radical (unpaired) electrons. The van der Waals surface area contributed by atoms with Gasteiger partial charge >= 0.3 is 5.69 Å². The van der Waals surface area contributed by atoms with Crippen LogP contribution in [0.1, 0.15) is 35.7 Å². The van der Waals surface area contributed by atoms with Gasteiger partial charge in [-0.25, -0.2) is 0 Å². The molecular formula is C13H18N2O4. The highest BCUT2D eigenvalue weighted by atomic mass is 16.6. The molecule has 1 amide bonds. The summed E-state index contributed by atoms with van der Waals surface area (Å²) in [5.74, 6) is -0.215. The van der Waals surface area contributed by atoms with Crippen LogP contribution in [0.2, 0.25) is 0 Å². The Bertz CT molecular complexity index is 510. The van der Waals surface area contributed by atoms with Gasteiger partial charge in [0.1, 0.15) is 0 Å². The van der Waals surface area contributed by atoms with E-state index in [0.29, 0.717) is 0 Å². The Kier molecular flexibility index (Phi) is 4.47. The molecule has 0 heterocycles. The molecule has 1 rings (SSSR count). The van der Waals surface area contributed by atoms with Gasteiger partial charge in [-0.3, -0.25) is 14.9 Å². The fraction of sp³-hybridized carbons (Fsp3) is 0.462. The molecule has 1 aromatic rings. The van der Waals surface area contributed by atoms with Crippen LogP contribution in [0.15, 0.2) is 12.1 Å². The SMILES string of the molecule is COc1c([N+](=O)[O-])ccc(C(C)C)c1C(=O)N(C)C. The number of rotatable bonds is 4. The van der Waals surface area contributed by atoms with Crippen LogP contribution < -0.4 is 4.74 Å². The summed E-state index contributed by atoms with van der Waals surface area (Å²) >= 11 is 0. The Morgan fingerprint density at radius 1 is 1.37 bits per heavy atom. The first kappa shape index (κ1) is 14.9. The third kappa shape index (κ3) is 2.83. The summed E-state index contributed by atoms with van der Waals surface area (Å²) < 4.78 is 5.11. The first-order chi connectivity index (χ1) is 8.81. The Morgan fingerprint density at radius 3 is 2.32 bits per heavy atom. The maximum absolute atomic E-state index is 12.2. The summed E-state index contributed by atoms with van der Waals surface area (Å²) in [5.41, 5.74) is 0.801. The monoisotopic (exact) mass is 266 g/mol. The van der Waals surface area contributed by atoms with Crippen LogP contribution >= 0.6 is 0 Å². The maximum Gasteiger partial charge on any atom is 0.311 e. The zero-order chi connectivity index (χ0) is 14.7. The van der Waals surface area contributed by atoms with Crippen molar-refractivity contribution in [3.8, 4) is 5.75 Å². The fourth-order valence-electron chi connectivity index (χ4n) is 1.86. The molecule has 0 N–H and O–H groups in total. The van der Waals surface area contributed by atoms with E-state index in [9.17, 15) is 14.9 Å². The summed E-state index contributed by atoms with van der Waals surface area (Å²) in [7, 11) is 4.54. The lowest BCUT2D eigenvalue weighted by Gasteiger charge is -2.18. The number of methoxy groups -OCH3 is 1. The predicted octanol–water partition coefficient (Wildman–Crippen LogP) is 2.43. The van der Waals surface area contributed by atoms with Crippen molar-refractivity contribution in [2.24, 2.45) is 0 Å². The van der Waals surface area contributed by atoms with Crippen LogP contribution in [0.5, 0.6) is 5.75 Å². The Morgan fingerprint density at radius 2 is 1.95 bits per heavy atom. The van der Waals surface area contributed by atoms with Crippen molar-refractivity contribution in [3.05, 3.63) is 33.4 Å². The molecule has 0 bridgehead atoms. The second-order valence-electron chi connectivity index (χ2n) is 4.69. The van der Waals surface area contributed by atoms with Crippen molar-refractivity contribution in [2.45, 2.75) is 19.8 Å². The fourth-order valence-corrected chi connectivity index (χ4v) is 1.86. The molecule has 1 aromatic carbocycles. The average molecular weight is 266 g/mol. The van der Waals surface area contributed by atoms with E-state index in [4.69, 9.17) is 4.74 Å². The van der Waals surface area contributed by atoms with Crippen molar-refractivity contribution in [1.82, 2.24) is 4.90 Å². The molecule has 0 aromatic heterocycles. The van der Waals surface area contributed by atoms with Gasteiger partial charge in [0, 0.05) is 20.2 Å². The summed E-state index contributed by atoms with van der Waals surface area (Å²) in [6.07, 6.45) is 0. The highest BCUT2D eigenvalue weighted by Gasteiger charge is 2.28. The second-order valence-corrected chi connectivity index (χ2v) is 4.69. The number of hydrogen-bond acceptors (Lipinski definition) is 4. The number of nitrogens with zero attached hydrogens (tertiary/aromatic N) is 2. The summed E-state index contributed by atoms with van der Waals surface area (Å²) in [6, 6.07) is 2.99. The van der Waals surface area contributed by atoms with Crippen LogP contribution in [0.4, 0.5) is 5.69 Å². The van der Waals surface area contributed by atoms with E-state index in [0.717, 1.165) is 5.56 Å². The second kappa shape index (κ2) is 5.69. The minimum Gasteiger partial charge on any atom is -0.490 e. The van der Waals surface area contributed by atoms with E-state index in [-0.39, 0.29) is 28.8 Å². The zero-order valence-corrected chi connectivity index (χ0v) is 11.8. The van der Waals surface area contributed by atoms with E-state index < -0.39 is 4.92 Å². The lowest BCUT2D eigenvalue weighted by Crippen LogP contribution is -2.24. The molecule has 0 saturated carbocycles. The van der Waals surface area contributed by atoms with Crippen molar-refractivity contribution in [3.63, 3.8) is 0 Å². The number of nitro groups is 1. The standard InChI is InChI=1S/C13H18N2O4/c1-8(2)9-6-7-10(15(17)18)12(19-5)11(9)13(16)14(3)4/h6-8H,1-5H3. The maximum atomic E-state index is 12.2. The number of benzene rings is 1. The van der Waals surface area contributed by atoms with Gasteiger partial charge < -0.3 is 9.64 Å². The van der Waals surface area contributed by atoms with Gasteiger partial charge in [-0.05, 0) is 11.5 Å². The minimum atomic E-state index is -0.546. The third-order valence-electron chi connectivity index (χ3n) is 2.81. The highest BCUT2D eigenvalue weighted by molar-refractivity contribution is 5.99. The number of nitro benzene ring substituents is 1. The van der Waals surface area contributed by atoms with Crippen molar-refractivity contribution >= 4 is 11.6 Å². The Hall–Kier alpha value is -2.11. The molecule has 0 unspecified atom stereocenters. The molecule has 0 aliphatic heterocycles. The van der Waals surface area contributed by atoms with E-state index in [1.165, 1.54) is 18.1 Å². The molecule has 0 atom stereocenters. The van der Waals surface area contributed by atoms with Gasteiger partial charge in [0.25, 0.3) is 5.91 Å². The zero-order valence-electron chi connectivity index (χ0n) is 11.8. The molecule has 0 aliphatic carbocycles. The largest absolute Gasteiger partial charge is 0.490 e. The highest BCUT2D eigenvalue weighted by Crippen LogP contribution is 2.36. The van der Waals surface area contributed by atoms with Crippen LogP contribution in [0.25, 0.3) is 0 Å².